The molecule has 2 aromatic rings. The maximum Gasteiger partial charge on any atom is 0.261 e. The molecule has 4 N–H and O–H groups in total. The minimum absolute atomic E-state index is 0.205. The standard InChI is InChI=1S/C11H14N4O2S/c1-5-7-9(16)14-6(2)15-11(7)18-8(5)10(17)13-4-3-12/h3-4,12H2,1-2H3,(H,13,17)(H,14,15,16). The molecule has 96 valence electrons. The van der Waals surface area contributed by atoms with Gasteiger partial charge in [-0.05, 0) is 19.4 Å². The third kappa shape index (κ3) is 2.14. The van der Waals surface area contributed by atoms with Gasteiger partial charge in [0.1, 0.15) is 10.7 Å². The predicted octanol–water partition coefficient (Wildman–Crippen LogP) is 0.290. The zero-order valence-corrected chi connectivity index (χ0v) is 11.0. The van der Waals surface area contributed by atoms with Gasteiger partial charge in [0.25, 0.3) is 11.5 Å². The predicted molar refractivity (Wildman–Crippen MR) is 71.1 cm³/mol. The van der Waals surface area contributed by atoms with Crippen LogP contribution in [-0.2, 0) is 0 Å². The SMILES string of the molecule is Cc1nc2sc(C(=O)NCCN)c(C)c2c(=O)[nH]1. The topological polar surface area (TPSA) is 101 Å². The van der Waals surface area contributed by atoms with Crippen LogP contribution in [0, 0.1) is 13.8 Å². The van der Waals surface area contributed by atoms with Crippen molar-refractivity contribution in [2.45, 2.75) is 13.8 Å². The highest BCUT2D eigenvalue weighted by molar-refractivity contribution is 7.20. The number of carbonyl (C=O) groups excluding carboxylic acids is 1. The number of H-pyrrole nitrogens is 1. The first-order valence-electron chi connectivity index (χ1n) is 5.53. The summed E-state index contributed by atoms with van der Waals surface area (Å²) in [7, 11) is 0. The van der Waals surface area contributed by atoms with E-state index in [1.54, 1.807) is 13.8 Å². The van der Waals surface area contributed by atoms with Crippen LogP contribution in [0.1, 0.15) is 21.1 Å². The van der Waals surface area contributed by atoms with Gasteiger partial charge >= 0.3 is 0 Å². The molecular weight excluding hydrogens is 252 g/mol. The van der Waals surface area contributed by atoms with E-state index < -0.39 is 0 Å². The molecule has 2 rings (SSSR count). The van der Waals surface area contributed by atoms with Gasteiger partial charge in [-0.3, -0.25) is 9.59 Å². The molecule has 7 heteroatoms. The summed E-state index contributed by atoms with van der Waals surface area (Å²) in [6, 6.07) is 0. The van der Waals surface area contributed by atoms with Crippen LogP contribution in [0.2, 0.25) is 0 Å². The minimum Gasteiger partial charge on any atom is -0.350 e. The molecule has 0 radical (unpaired) electrons. The largest absolute Gasteiger partial charge is 0.350 e. The number of aromatic nitrogens is 2. The third-order valence-electron chi connectivity index (χ3n) is 2.56. The van der Waals surface area contributed by atoms with Crippen molar-refractivity contribution in [1.29, 1.82) is 0 Å². The molecule has 1 amide bonds. The van der Waals surface area contributed by atoms with Crippen LogP contribution in [0.5, 0.6) is 0 Å². The Kier molecular flexibility index (Phi) is 3.44. The van der Waals surface area contributed by atoms with E-state index in [-0.39, 0.29) is 11.5 Å². The van der Waals surface area contributed by atoms with Crippen molar-refractivity contribution >= 4 is 27.5 Å². The second kappa shape index (κ2) is 4.87. The maximum absolute atomic E-state index is 11.9. The van der Waals surface area contributed by atoms with E-state index in [2.05, 4.69) is 15.3 Å². The molecule has 0 unspecified atom stereocenters. The molecule has 0 aliphatic rings. The summed E-state index contributed by atoms with van der Waals surface area (Å²) in [5.41, 5.74) is 5.79. The van der Waals surface area contributed by atoms with E-state index in [9.17, 15) is 9.59 Å². The Morgan fingerprint density at radius 2 is 2.22 bits per heavy atom. The zero-order chi connectivity index (χ0) is 13.3. The number of carbonyl (C=O) groups is 1. The van der Waals surface area contributed by atoms with E-state index >= 15 is 0 Å². The van der Waals surface area contributed by atoms with Crippen molar-refractivity contribution in [3.8, 4) is 0 Å². The van der Waals surface area contributed by atoms with Crippen LogP contribution in [0.3, 0.4) is 0 Å². The average molecular weight is 266 g/mol. The fraction of sp³-hybridized carbons (Fsp3) is 0.364. The highest BCUT2D eigenvalue weighted by Crippen LogP contribution is 2.26. The van der Waals surface area contributed by atoms with E-state index in [0.29, 0.717) is 39.6 Å². The molecule has 0 fully saturated rings. The molecule has 2 aromatic heterocycles. The Labute approximate surface area is 107 Å². The van der Waals surface area contributed by atoms with E-state index in [0.717, 1.165) is 0 Å². The van der Waals surface area contributed by atoms with Gasteiger partial charge in [-0.15, -0.1) is 11.3 Å². The lowest BCUT2D eigenvalue weighted by molar-refractivity contribution is 0.0958. The van der Waals surface area contributed by atoms with Crippen molar-refractivity contribution in [3.05, 3.63) is 26.6 Å². The highest BCUT2D eigenvalue weighted by Gasteiger charge is 2.18. The second-order valence-electron chi connectivity index (χ2n) is 3.93. The van der Waals surface area contributed by atoms with Crippen LogP contribution < -0.4 is 16.6 Å². The summed E-state index contributed by atoms with van der Waals surface area (Å²) in [6.45, 7) is 4.26. The molecule has 6 nitrogen and oxygen atoms in total. The Morgan fingerprint density at radius 3 is 2.89 bits per heavy atom. The molecule has 0 aromatic carbocycles. The number of aromatic amines is 1. The van der Waals surface area contributed by atoms with Gasteiger partial charge in [-0.1, -0.05) is 0 Å². The highest BCUT2D eigenvalue weighted by atomic mass is 32.1. The summed E-state index contributed by atoms with van der Waals surface area (Å²) in [6.07, 6.45) is 0. The molecule has 0 bridgehead atoms. The molecule has 18 heavy (non-hydrogen) atoms. The number of thiophene rings is 1. The lowest BCUT2D eigenvalue weighted by Crippen LogP contribution is -2.28. The van der Waals surface area contributed by atoms with Crippen molar-refractivity contribution < 1.29 is 4.79 Å². The fourth-order valence-corrected chi connectivity index (χ4v) is 2.88. The van der Waals surface area contributed by atoms with E-state index in [4.69, 9.17) is 5.73 Å². The fourth-order valence-electron chi connectivity index (χ4n) is 1.73. The molecule has 0 saturated carbocycles. The number of nitrogens with two attached hydrogens (primary N) is 1. The normalized spacial score (nSPS) is 10.8. The van der Waals surface area contributed by atoms with Gasteiger partial charge in [0, 0.05) is 13.1 Å². The average Bonchev–Trinajstić information content (AvgIpc) is 2.63. The first-order chi connectivity index (χ1) is 8.54. The summed E-state index contributed by atoms with van der Waals surface area (Å²) >= 11 is 1.23. The summed E-state index contributed by atoms with van der Waals surface area (Å²) in [5, 5.41) is 3.18. The Morgan fingerprint density at radius 1 is 1.50 bits per heavy atom. The number of hydrogen-bond acceptors (Lipinski definition) is 5. The first-order valence-corrected chi connectivity index (χ1v) is 6.34. The number of aryl methyl sites for hydroxylation is 2. The quantitative estimate of drug-likeness (QED) is 0.743. The third-order valence-corrected chi connectivity index (χ3v) is 3.74. The van der Waals surface area contributed by atoms with Gasteiger partial charge in [0.15, 0.2) is 0 Å². The second-order valence-corrected chi connectivity index (χ2v) is 4.93. The van der Waals surface area contributed by atoms with Gasteiger partial charge in [0.2, 0.25) is 0 Å². The summed E-state index contributed by atoms with van der Waals surface area (Å²) in [4.78, 5) is 31.7. The Hall–Kier alpha value is -1.73. The first kappa shape index (κ1) is 12.7. The lowest BCUT2D eigenvalue weighted by atomic mass is 10.2. The van der Waals surface area contributed by atoms with E-state index in [1.807, 2.05) is 0 Å². The number of hydrogen-bond donors (Lipinski definition) is 3. The molecule has 2 heterocycles. The molecule has 0 spiro atoms. The van der Waals surface area contributed by atoms with Crippen molar-refractivity contribution in [3.63, 3.8) is 0 Å². The lowest BCUT2D eigenvalue weighted by Gasteiger charge is -2.01. The molecule has 0 atom stereocenters. The Bertz CT molecular complexity index is 659. The molecule has 0 aliphatic carbocycles. The van der Waals surface area contributed by atoms with Gasteiger partial charge in [-0.2, -0.15) is 0 Å². The van der Waals surface area contributed by atoms with E-state index in [1.165, 1.54) is 11.3 Å². The molecule has 0 aliphatic heterocycles. The minimum atomic E-state index is -0.210. The summed E-state index contributed by atoms with van der Waals surface area (Å²) in [5.74, 6) is 0.334. The number of nitrogens with one attached hydrogen (secondary N) is 2. The van der Waals surface area contributed by atoms with Crippen molar-refractivity contribution in [2.75, 3.05) is 13.1 Å². The zero-order valence-electron chi connectivity index (χ0n) is 10.2. The smallest absolute Gasteiger partial charge is 0.261 e. The summed E-state index contributed by atoms with van der Waals surface area (Å²) < 4.78 is 0. The van der Waals surface area contributed by atoms with Crippen LogP contribution >= 0.6 is 11.3 Å². The van der Waals surface area contributed by atoms with Crippen LogP contribution in [0.4, 0.5) is 0 Å². The monoisotopic (exact) mass is 266 g/mol. The maximum atomic E-state index is 11.9. The molecular formula is C11H14N4O2S. The Balaban J connectivity index is 2.54. The van der Waals surface area contributed by atoms with Gasteiger partial charge < -0.3 is 16.0 Å². The number of rotatable bonds is 3. The van der Waals surface area contributed by atoms with Crippen molar-refractivity contribution in [1.82, 2.24) is 15.3 Å². The number of nitrogens with zero attached hydrogens (tertiary/aromatic N) is 1. The molecule has 0 saturated heterocycles. The van der Waals surface area contributed by atoms with Gasteiger partial charge in [0.05, 0.1) is 10.3 Å². The van der Waals surface area contributed by atoms with Gasteiger partial charge in [-0.25, -0.2) is 4.98 Å². The van der Waals surface area contributed by atoms with Crippen LogP contribution in [0.25, 0.3) is 10.2 Å². The van der Waals surface area contributed by atoms with Crippen LogP contribution in [-0.4, -0.2) is 29.0 Å². The number of fused-ring (bicyclic) bond motifs is 1. The number of amides is 1. The van der Waals surface area contributed by atoms with Crippen molar-refractivity contribution in [2.24, 2.45) is 5.73 Å². The van der Waals surface area contributed by atoms with Crippen LogP contribution in [0.15, 0.2) is 4.79 Å².